The van der Waals surface area contributed by atoms with Crippen LogP contribution in [0.15, 0.2) is 59.5 Å². The van der Waals surface area contributed by atoms with Gasteiger partial charge in [-0.3, -0.25) is 4.79 Å². The Morgan fingerprint density at radius 1 is 0.897 bits per heavy atom. The first kappa shape index (κ1) is 31.5. The Labute approximate surface area is 239 Å². The van der Waals surface area contributed by atoms with E-state index in [4.69, 9.17) is 0 Å². The normalized spacial score (nSPS) is 18.9. The van der Waals surface area contributed by atoms with Crippen LogP contribution in [0.4, 0.5) is 0 Å². The molecule has 2 aromatic rings. The summed E-state index contributed by atoms with van der Waals surface area (Å²) >= 11 is 0. The van der Waals surface area contributed by atoms with Gasteiger partial charge in [-0.25, -0.2) is 21.6 Å². The lowest BCUT2D eigenvalue weighted by atomic mass is 9.77. The molecule has 216 valence electrons. The summed E-state index contributed by atoms with van der Waals surface area (Å²) in [6.07, 6.45) is 4.27. The fourth-order valence-corrected chi connectivity index (χ4v) is 6.95. The van der Waals surface area contributed by atoms with Crippen LogP contribution in [0, 0.1) is 5.41 Å². The van der Waals surface area contributed by atoms with E-state index in [2.05, 4.69) is 9.62 Å². The van der Waals surface area contributed by atoms with Gasteiger partial charge in [0.1, 0.15) is 0 Å². The Kier molecular flexibility index (Phi) is 10.3. The van der Waals surface area contributed by atoms with E-state index in [0.717, 1.165) is 50.0 Å². The summed E-state index contributed by atoms with van der Waals surface area (Å²) in [4.78, 5) is 17.9. The van der Waals surface area contributed by atoms with Crippen molar-refractivity contribution in [3.05, 3.63) is 65.7 Å². The van der Waals surface area contributed by atoms with Crippen molar-refractivity contribution in [1.29, 1.82) is 0 Å². The molecule has 1 atom stereocenters. The molecule has 39 heavy (non-hydrogen) atoms. The van der Waals surface area contributed by atoms with Crippen molar-refractivity contribution < 1.29 is 21.6 Å². The maximum absolute atomic E-state index is 13.4. The standard InChI is InChI=1S/C28H39N3O5S2.ClH/c1-22(2)38(35,36)29-26(24-7-5-4-6-8-24)13-17-30-18-14-28(15-19-30)16-20-31(27(28)32)21-23-9-11-25(12-10-23)37(3,33)34;/h4-12,22,26,29H,13-21H2,1-3H3;1H/t26-;/m0./s1. The van der Waals surface area contributed by atoms with Gasteiger partial charge < -0.3 is 9.80 Å². The largest absolute Gasteiger partial charge is 0.338 e. The quantitative estimate of drug-likeness (QED) is 0.447. The summed E-state index contributed by atoms with van der Waals surface area (Å²) in [5.74, 6) is 0.191. The van der Waals surface area contributed by atoms with Gasteiger partial charge in [0.15, 0.2) is 9.84 Å². The number of rotatable bonds is 10. The van der Waals surface area contributed by atoms with E-state index < -0.39 is 25.1 Å². The van der Waals surface area contributed by atoms with Crippen molar-refractivity contribution in [3.8, 4) is 0 Å². The van der Waals surface area contributed by atoms with Crippen molar-refractivity contribution in [2.45, 2.75) is 62.3 Å². The summed E-state index contributed by atoms with van der Waals surface area (Å²) < 4.78 is 51.5. The molecule has 2 saturated heterocycles. The molecular weight excluding hydrogens is 558 g/mol. The summed E-state index contributed by atoms with van der Waals surface area (Å²) in [6.45, 7) is 6.92. The highest BCUT2D eigenvalue weighted by Gasteiger charge is 2.47. The number of carbonyl (C=O) groups excluding carboxylic acids is 1. The fraction of sp³-hybridized carbons (Fsp3) is 0.536. The van der Waals surface area contributed by atoms with Gasteiger partial charge in [-0.2, -0.15) is 0 Å². The van der Waals surface area contributed by atoms with Gasteiger partial charge in [0, 0.05) is 25.4 Å². The molecule has 0 aromatic heterocycles. The molecular formula is C28H40ClN3O5S2. The number of amides is 1. The molecule has 4 rings (SSSR count). The lowest BCUT2D eigenvalue weighted by Gasteiger charge is -2.38. The van der Waals surface area contributed by atoms with E-state index in [1.165, 1.54) is 6.26 Å². The van der Waals surface area contributed by atoms with Gasteiger partial charge in [-0.05, 0) is 82.4 Å². The summed E-state index contributed by atoms with van der Waals surface area (Å²) in [7, 11) is -6.66. The molecule has 2 heterocycles. The third kappa shape index (κ3) is 7.61. The van der Waals surface area contributed by atoms with E-state index in [0.29, 0.717) is 19.5 Å². The van der Waals surface area contributed by atoms with Gasteiger partial charge >= 0.3 is 0 Å². The number of piperidine rings is 1. The van der Waals surface area contributed by atoms with Crippen LogP contribution in [0.5, 0.6) is 0 Å². The third-order valence-electron chi connectivity index (χ3n) is 8.00. The van der Waals surface area contributed by atoms with Crippen molar-refractivity contribution in [1.82, 2.24) is 14.5 Å². The van der Waals surface area contributed by atoms with Gasteiger partial charge in [0.05, 0.1) is 15.6 Å². The second kappa shape index (κ2) is 12.7. The molecule has 1 spiro atoms. The lowest BCUT2D eigenvalue weighted by molar-refractivity contribution is -0.138. The number of sulfonamides is 1. The molecule has 0 saturated carbocycles. The molecule has 1 amide bonds. The number of hydrogen-bond donors (Lipinski definition) is 1. The Hall–Kier alpha value is -1.98. The van der Waals surface area contributed by atoms with Crippen molar-refractivity contribution >= 4 is 38.2 Å². The van der Waals surface area contributed by atoms with Crippen LogP contribution in [0.25, 0.3) is 0 Å². The second-order valence-corrected chi connectivity index (χ2v) is 15.3. The Balaban J connectivity index is 0.00000420. The SMILES string of the molecule is CC(C)S(=O)(=O)N[C@@H](CCN1CCC2(CC1)CCN(Cc1ccc(S(C)(=O)=O)cc1)C2=O)c1ccccc1.Cl. The predicted octanol–water partition coefficient (Wildman–Crippen LogP) is 3.79. The maximum atomic E-state index is 13.4. The second-order valence-electron chi connectivity index (χ2n) is 11.0. The van der Waals surface area contributed by atoms with Crippen LogP contribution in [0.3, 0.4) is 0 Å². The molecule has 2 fully saturated rings. The molecule has 0 unspecified atom stereocenters. The smallest absolute Gasteiger partial charge is 0.229 e. The van der Waals surface area contributed by atoms with E-state index in [9.17, 15) is 21.6 Å². The molecule has 1 N–H and O–H groups in total. The molecule has 2 aliphatic rings. The molecule has 2 aromatic carbocycles. The number of carbonyl (C=O) groups is 1. The van der Waals surface area contributed by atoms with Gasteiger partial charge in [0.25, 0.3) is 0 Å². The Morgan fingerprint density at radius 3 is 2.05 bits per heavy atom. The molecule has 11 heteroatoms. The highest BCUT2D eigenvalue weighted by atomic mass is 35.5. The Bertz CT molecular complexity index is 1330. The number of nitrogens with one attached hydrogen (secondary N) is 1. The fourth-order valence-electron chi connectivity index (χ4n) is 5.40. The lowest BCUT2D eigenvalue weighted by Crippen LogP contribution is -2.45. The van der Waals surface area contributed by atoms with Crippen LogP contribution in [0.1, 0.15) is 56.7 Å². The van der Waals surface area contributed by atoms with Gasteiger partial charge in [0.2, 0.25) is 15.9 Å². The topological polar surface area (TPSA) is 104 Å². The minimum Gasteiger partial charge on any atom is -0.338 e. The van der Waals surface area contributed by atoms with E-state index in [1.807, 2.05) is 35.2 Å². The highest BCUT2D eigenvalue weighted by Crippen LogP contribution is 2.42. The Morgan fingerprint density at radius 2 is 1.49 bits per heavy atom. The molecule has 0 aliphatic carbocycles. The zero-order valence-corrected chi connectivity index (χ0v) is 25.3. The van der Waals surface area contributed by atoms with Crippen LogP contribution < -0.4 is 4.72 Å². The number of likely N-dealkylation sites (tertiary alicyclic amines) is 2. The minimum atomic E-state index is -3.41. The number of halogens is 1. The summed E-state index contributed by atoms with van der Waals surface area (Å²) in [5, 5.41) is -0.502. The number of benzene rings is 2. The van der Waals surface area contributed by atoms with Crippen LogP contribution in [-0.2, 0) is 31.2 Å². The van der Waals surface area contributed by atoms with Crippen molar-refractivity contribution in [3.63, 3.8) is 0 Å². The summed E-state index contributed by atoms with van der Waals surface area (Å²) in [6, 6.07) is 16.2. The van der Waals surface area contributed by atoms with E-state index in [-0.39, 0.29) is 34.7 Å². The highest BCUT2D eigenvalue weighted by molar-refractivity contribution is 7.90. The molecule has 0 bridgehead atoms. The van der Waals surface area contributed by atoms with Gasteiger partial charge in [-0.1, -0.05) is 42.5 Å². The van der Waals surface area contributed by atoms with Crippen LogP contribution in [0.2, 0.25) is 0 Å². The van der Waals surface area contributed by atoms with Crippen LogP contribution in [-0.4, -0.2) is 70.2 Å². The van der Waals surface area contributed by atoms with Crippen molar-refractivity contribution in [2.75, 3.05) is 32.4 Å². The first-order valence-corrected chi connectivity index (χ1v) is 16.7. The van der Waals surface area contributed by atoms with E-state index in [1.54, 1.807) is 38.1 Å². The average molecular weight is 598 g/mol. The minimum absolute atomic E-state index is 0. The first-order chi connectivity index (χ1) is 17.9. The number of sulfone groups is 1. The maximum Gasteiger partial charge on any atom is 0.229 e. The number of nitrogens with zero attached hydrogens (tertiary/aromatic N) is 2. The van der Waals surface area contributed by atoms with E-state index >= 15 is 0 Å². The zero-order valence-electron chi connectivity index (χ0n) is 22.9. The molecule has 2 aliphatic heterocycles. The van der Waals surface area contributed by atoms with Gasteiger partial charge in [-0.15, -0.1) is 12.4 Å². The molecule has 0 radical (unpaired) electrons. The monoisotopic (exact) mass is 597 g/mol. The zero-order chi connectivity index (χ0) is 27.6. The molecule has 8 nitrogen and oxygen atoms in total. The van der Waals surface area contributed by atoms with Crippen molar-refractivity contribution in [2.24, 2.45) is 5.41 Å². The first-order valence-electron chi connectivity index (χ1n) is 13.3. The predicted molar refractivity (Wildman–Crippen MR) is 156 cm³/mol. The summed E-state index contributed by atoms with van der Waals surface area (Å²) in [5.41, 5.74) is 1.55. The average Bonchev–Trinajstić information content (AvgIpc) is 3.17. The number of hydrogen-bond acceptors (Lipinski definition) is 6. The third-order valence-corrected chi connectivity index (χ3v) is 11.0. The van der Waals surface area contributed by atoms with Crippen LogP contribution >= 0.6 is 12.4 Å².